The molecule has 1 atom stereocenters. The number of hydrogen-bond acceptors (Lipinski definition) is 6. The molecule has 1 N–H and O–H groups in total. The molecule has 1 saturated carbocycles. The van der Waals surface area contributed by atoms with Crippen molar-refractivity contribution in [1.82, 2.24) is 30.5 Å². The monoisotopic (exact) mass is 513 g/mol. The fraction of sp³-hybridized carbons (Fsp3) is 0.286. The van der Waals surface area contributed by atoms with Gasteiger partial charge in [0.05, 0.1) is 0 Å². The van der Waals surface area contributed by atoms with Gasteiger partial charge in [-0.1, -0.05) is 48.7 Å². The molecule has 1 aliphatic rings. The zero-order valence-corrected chi connectivity index (χ0v) is 21.0. The molecular weight excluding hydrogens is 485 g/mol. The summed E-state index contributed by atoms with van der Waals surface area (Å²) in [4.78, 5) is 34.1. The topological polar surface area (TPSA) is 106 Å². The van der Waals surface area contributed by atoms with Gasteiger partial charge in [0, 0.05) is 29.7 Å². The van der Waals surface area contributed by atoms with Crippen LogP contribution in [0.1, 0.15) is 42.9 Å². The number of aromatic nitrogens is 5. The zero-order valence-electron chi connectivity index (χ0n) is 21.0. The van der Waals surface area contributed by atoms with Crippen LogP contribution in [0.2, 0.25) is 0 Å². The van der Waals surface area contributed by atoms with E-state index in [1.807, 2.05) is 31.2 Å². The molecule has 4 aromatic rings. The fourth-order valence-electron chi connectivity index (χ4n) is 4.70. The van der Waals surface area contributed by atoms with Crippen LogP contribution in [0.5, 0.6) is 0 Å². The van der Waals surface area contributed by atoms with Crippen molar-refractivity contribution >= 4 is 17.5 Å². The number of carbonyl (C=O) groups is 2. The molecule has 5 rings (SSSR count). The van der Waals surface area contributed by atoms with Crippen molar-refractivity contribution in [2.45, 2.75) is 51.2 Å². The van der Waals surface area contributed by atoms with Crippen molar-refractivity contribution in [1.29, 1.82) is 0 Å². The van der Waals surface area contributed by atoms with Crippen LogP contribution in [0.25, 0.3) is 11.4 Å². The quantitative estimate of drug-likeness (QED) is 0.382. The number of anilines is 1. The molecule has 0 spiro atoms. The molecule has 2 amide bonds. The van der Waals surface area contributed by atoms with Gasteiger partial charge in [-0.05, 0) is 60.9 Å². The smallest absolute Gasteiger partial charge is 0.251 e. The van der Waals surface area contributed by atoms with E-state index in [9.17, 15) is 14.0 Å². The molecule has 38 heavy (non-hydrogen) atoms. The van der Waals surface area contributed by atoms with Crippen molar-refractivity contribution in [2.75, 3.05) is 4.90 Å². The third-order valence-corrected chi connectivity index (χ3v) is 6.62. The van der Waals surface area contributed by atoms with E-state index >= 15 is 0 Å². The van der Waals surface area contributed by atoms with Gasteiger partial charge >= 0.3 is 0 Å². The molecule has 10 heteroatoms. The van der Waals surface area contributed by atoms with Crippen LogP contribution in [-0.2, 0) is 16.1 Å². The molecule has 2 heterocycles. The number of tetrazole rings is 1. The van der Waals surface area contributed by atoms with Crippen LogP contribution in [0, 0.1) is 12.7 Å². The van der Waals surface area contributed by atoms with E-state index in [1.54, 1.807) is 30.6 Å². The largest absolute Gasteiger partial charge is 0.351 e. The standard InChI is InChI=1S/C28H28FN7O2/c1-19-9-11-21(12-10-19)27-32-34-35(33-27)18-25(37)36(24-8-4-5-22(29)17-24)26(20-13-15-30-16-14-20)28(38)31-23-6-2-3-7-23/h4-5,8-17,23,26H,2-3,6-7,18H2,1H3,(H,31,38)/t26-/m0/s1. The molecule has 1 aliphatic carbocycles. The maximum atomic E-state index is 14.3. The SMILES string of the molecule is Cc1ccc(-c2nnn(CC(=O)N(c3cccc(F)c3)[C@H](C(=O)NC3CCCC3)c3ccncc3)n2)cc1. The van der Waals surface area contributed by atoms with Gasteiger partial charge < -0.3 is 5.32 Å². The van der Waals surface area contributed by atoms with E-state index < -0.39 is 17.8 Å². The number of nitrogens with one attached hydrogen (secondary N) is 1. The van der Waals surface area contributed by atoms with Crippen LogP contribution >= 0.6 is 0 Å². The summed E-state index contributed by atoms with van der Waals surface area (Å²) in [7, 11) is 0. The summed E-state index contributed by atoms with van der Waals surface area (Å²) in [6, 6.07) is 15.6. The molecule has 194 valence electrons. The zero-order chi connectivity index (χ0) is 26.5. The fourth-order valence-corrected chi connectivity index (χ4v) is 4.70. The summed E-state index contributed by atoms with van der Waals surface area (Å²) >= 11 is 0. The Kier molecular flexibility index (Phi) is 7.48. The summed E-state index contributed by atoms with van der Waals surface area (Å²) in [5.74, 6) is -0.982. The third kappa shape index (κ3) is 5.74. The van der Waals surface area contributed by atoms with Crippen molar-refractivity contribution in [3.63, 3.8) is 0 Å². The summed E-state index contributed by atoms with van der Waals surface area (Å²) in [6.07, 6.45) is 6.97. The van der Waals surface area contributed by atoms with E-state index in [-0.39, 0.29) is 24.2 Å². The minimum absolute atomic E-state index is 0.0327. The maximum absolute atomic E-state index is 14.3. The number of nitrogens with zero attached hydrogens (tertiary/aromatic N) is 6. The number of hydrogen-bond donors (Lipinski definition) is 1. The molecule has 1 fully saturated rings. The lowest BCUT2D eigenvalue weighted by Crippen LogP contribution is -2.47. The van der Waals surface area contributed by atoms with Crippen LogP contribution in [0.15, 0.2) is 73.1 Å². The second kappa shape index (κ2) is 11.3. The van der Waals surface area contributed by atoms with E-state index in [0.717, 1.165) is 36.8 Å². The first-order valence-electron chi connectivity index (χ1n) is 12.6. The second-order valence-corrected chi connectivity index (χ2v) is 9.43. The Morgan fingerprint density at radius 2 is 1.82 bits per heavy atom. The summed E-state index contributed by atoms with van der Waals surface area (Å²) in [6.45, 7) is 1.68. The minimum Gasteiger partial charge on any atom is -0.351 e. The van der Waals surface area contributed by atoms with Gasteiger partial charge in [-0.3, -0.25) is 19.5 Å². The van der Waals surface area contributed by atoms with Crippen LogP contribution < -0.4 is 10.2 Å². The van der Waals surface area contributed by atoms with Crippen molar-refractivity contribution in [3.8, 4) is 11.4 Å². The normalized spacial score (nSPS) is 14.3. The second-order valence-electron chi connectivity index (χ2n) is 9.43. The number of aryl methyl sites for hydroxylation is 1. The van der Waals surface area contributed by atoms with E-state index in [0.29, 0.717) is 11.4 Å². The number of benzene rings is 2. The highest BCUT2D eigenvalue weighted by atomic mass is 19.1. The van der Waals surface area contributed by atoms with Gasteiger partial charge in [-0.15, -0.1) is 10.2 Å². The Balaban J connectivity index is 1.49. The third-order valence-electron chi connectivity index (χ3n) is 6.62. The van der Waals surface area contributed by atoms with Gasteiger partial charge in [0.25, 0.3) is 5.91 Å². The summed E-state index contributed by atoms with van der Waals surface area (Å²) < 4.78 is 14.3. The van der Waals surface area contributed by atoms with Gasteiger partial charge in [0.2, 0.25) is 11.7 Å². The number of amides is 2. The Bertz CT molecular complexity index is 1400. The Morgan fingerprint density at radius 1 is 1.08 bits per heavy atom. The predicted molar refractivity (Wildman–Crippen MR) is 139 cm³/mol. The maximum Gasteiger partial charge on any atom is 0.251 e. The molecule has 0 aliphatic heterocycles. The van der Waals surface area contributed by atoms with Crippen LogP contribution in [0.3, 0.4) is 0 Å². The van der Waals surface area contributed by atoms with Crippen molar-refractivity contribution in [2.24, 2.45) is 0 Å². The first-order chi connectivity index (χ1) is 18.5. The average Bonchev–Trinajstić information content (AvgIpc) is 3.60. The summed E-state index contributed by atoms with van der Waals surface area (Å²) in [5, 5.41) is 15.6. The van der Waals surface area contributed by atoms with E-state index in [4.69, 9.17) is 0 Å². The molecular formula is C28H28FN7O2. The number of pyridine rings is 1. The molecule has 9 nitrogen and oxygen atoms in total. The van der Waals surface area contributed by atoms with E-state index in [1.165, 1.54) is 27.9 Å². The number of halogens is 1. The lowest BCUT2D eigenvalue weighted by atomic mass is 10.0. The molecule has 0 radical (unpaired) electrons. The Hall–Kier alpha value is -4.47. The highest BCUT2D eigenvalue weighted by Crippen LogP contribution is 2.30. The molecule has 0 unspecified atom stereocenters. The van der Waals surface area contributed by atoms with Gasteiger partial charge in [-0.25, -0.2) is 4.39 Å². The van der Waals surface area contributed by atoms with Crippen molar-refractivity contribution in [3.05, 3.63) is 90.0 Å². The highest BCUT2D eigenvalue weighted by molar-refractivity contribution is 6.01. The molecule has 2 aromatic heterocycles. The lowest BCUT2D eigenvalue weighted by molar-refractivity contribution is -0.127. The van der Waals surface area contributed by atoms with Crippen LogP contribution in [-0.4, -0.2) is 43.0 Å². The lowest BCUT2D eigenvalue weighted by Gasteiger charge is -2.32. The number of carbonyl (C=O) groups excluding carboxylic acids is 2. The minimum atomic E-state index is -1.05. The van der Waals surface area contributed by atoms with Gasteiger partial charge in [0.15, 0.2) is 0 Å². The molecule has 2 aromatic carbocycles. The summed E-state index contributed by atoms with van der Waals surface area (Å²) in [5.41, 5.74) is 2.67. The Morgan fingerprint density at radius 3 is 2.53 bits per heavy atom. The predicted octanol–water partition coefficient (Wildman–Crippen LogP) is 4.02. The van der Waals surface area contributed by atoms with Gasteiger partial charge in [-0.2, -0.15) is 4.80 Å². The average molecular weight is 514 g/mol. The number of rotatable bonds is 8. The van der Waals surface area contributed by atoms with Crippen LogP contribution in [0.4, 0.5) is 10.1 Å². The first-order valence-corrected chi connectivity index (χ1v) is 12.6. The Labute approximate surface area is 219 Å². The molecule has 0 bridgehead atoms. The van der Waals surface area contributed by atoms with Crippen molar-refractivity contribution < 1.29 is 14.0 Å². The van der Waals surface area contributed by atoms with Gasteiger partial charge in [0.1, 0.15) is 18.4 Å². The molecule has 0 saturated heterocycles. The first kappa shape index (κ1) is 25.2. The van der Waals surface area contributed by atoms with E-state index in [2.05, 4.69) is 25.7 Å². The highest BCUT2D eigenvalue weighted by Gasteiger charge is 2.35.